The minimum absolute atomic E-state index is 0.207. The van der Waals surface area contributed by atoms with E-state index in [9.17, 15) is 17.6 Å². The Bertz CT molecular complexity index is 577. The van der Waals surface area contributed by atoms with Crippen molar-refractivity contribution in [1.29, 1.82) is 0 Å². The molecule has 7 nitrogen and oxygen atoms in total. The van der Waals surface area contributed by atoms with E-state index in [1.54, 1.807) is 0 Å². The van der Waals surface area contributed by atoms with Gasteiger partial charge in [0.05, 0.1) is 23.7 Å². The molecule has 1 rings (SSSR count). The van der Waals surface area contributed by atoms with Crippen molar-refractivity contribution in [2.75, 3.05) is 32.5 Å². The molecule has 20 heavy (non-hydrogen) atoms. The lowest BCUT2D eigenvalue weighted by Crippen LogP contribution is -2.38. The second-order valence-electron chi connectivity index (χ2n) is 3.85. The zero-order valence-corrected chi connectivity index (χ0v) is 11.7. The molecule has 112 valence electrons. The first-order valence-corrected chi connectivity index (χ1v) is 7.15. The van der Waals surface area contributed by atoms with Crippen LogP contribution >= 0.6 is 0 Å². The number of amides is 1. The Labute approximate surface area is 116 Å². The molecule has 0 fully saturated rings. The third-order valence-corrected chi connectivity index (χ3v) is 3.73. The first kappa shape index (κ1) is 16.3. The molecule has 1 aromatic rings. The van der Waals surface area contributed by atoms with Crippen LogP contribution in [-0.2, 0) is 19.6 Å². The highest BCUT2D eigenvalue weighted by Crippen LogP contribution is 2.16. The van der Waals surface area contributed by atoms with Gasteiger partial charge in [-0.3, -0.25) is 4.79 Å². The molecular formula is C11H16FN3O4S. The van der Waals surface area contributed by atoms with Gasteiger partial charge in [0.15, 0.2) is 0 Å². The maximum atomic E-state index is 13.0. The molecule has 0 aliphatic heterocycles. The Balaban J connectivity index is 2.61. The normalized spacial score (nSPS) is 11.3. The van der Waals surface area contributed by atoms with Crippen LogP contribution in [0.25, 0.3) is 0 Å². The van der Waals surface area contributed by atoms with Crippen LogP contribution in [-0.4, -0.2) is 41.1 Å². The van der Waals surface area contributed by atoms with Crippen LogP contribution in [0, 0.1) is 5.82 Å². The monoisotopic (exact) mass is 305 g/mol. The number of benzene rings is 1. The van der Waals surface area contributed by atoms with Crippen molar-refractivity contribution >= 4 is 21.6 Å². The lowest BCUT2D eigenvalue weighted by atomic mass is 10.3. The van der Waals surface area contributed by atoms with E-state index < -0.39 is 28.3 Å². The lowest BCUT2D eigenvalue weighted by molar-refractivity contribution is -0.120. The summed E-state index contributed by atoms with van der Waals surface area (Å²) < 4.78 is 43.4. The largest absolute Gasteiger partial charge is 0.396 e. The Hall–Kier alpha value is -1.71. The van der Waals surface area contributed by atoms with Crippen LogP contribution in [0.1, 0.15) is 0 Å². The lowest BCUT2D eigenvalue weighted by Gasteiger charge is -2.08. The molecule has 0 aromatic heterocycles. The third kappa shape index (κ3) is 4.76. The van der Waals surface area contributed by atoms with Crippen molar-refractivity contribution in [2.24, 2.45) is 0 Å². The van der Waals surface area contributed by atoms with E-state index in [2.05, 4.69) is 10.0 Å². The summed E-state index contributed by atoms with van der Waals surface area (Å²) in [6.07, 6.45) is 0. The van der Waals surface area contributed by atoms with Gasteiger partial charge in [0.25, 0.3) is 0 Å². The van der Waals surface area contributed by atoms with Gasteiger partial charge >= 0.3 is 0 Å². The summed E-state index contributed by atoms with van der Waals surface area (Å²) in [5.41, 5.74) is 5.01. The molecule has 0 spiro atoms. The van der Waals surface area contributed by atoms with Crippen LogP contribution < -0.4 is 15.8 Å². The number of hydrogen-bond acceptors (Lipinski definition) is 5. The molecule has 9 heteroatoms. The number of carbonyl (C=O) groups is 1. The summed E-state index contributed by atoms with van der Waals surface area (Å²) in [5.74, 6) is -1.21. The Morgan fingerprint density at radius 2 is 2.15 bits per heavy atom. The van der Waals surface area contributed by atoms with Crippen molar-refractivity contribution < 1.29 is 22.3 Å². The average Bonchev–Trinajstić information content (AvgIpc) is 2.40. The van der Waals surface area contributed by atoms with Gasteiger partial charge in [-0.2, -0.15) is 0 Å². The van der Waals surface area contributed by atoms with E-state index in [-0.39, 0.29) is 17.1 Å². The van der Waals surface area contributed by atoms with E-state index in [1.807, 2.05) is 0 Å². The van der Waals surface area contributed by atoms with Gasteiger partial charge in [-0.15, -0.1) is 0 Å². The standard InChI is InChI=1S/C11H16FN3O4S/c1-19-5-4-14-11(16)7-15-20(17,18)8-2-3-9(12)10(13)6-8/h2-3,6,15H,4-5,7,13H2,1H3,(H,14,16). The SMILES string of the molecule is COCCNC(=O)CNS(=O)(=O)c1ccc(F)c(N)c1. The first-order chi connectivity index (χ1) is 9.36. The Morgan fingerprint density at radius 1 is 1.45 bits per heavy atom. The second kappa shape index (κ2) is 7.17. The van der Waals surface area contributed by atoms with Crippen LogP contribution in [0.15, 0.2) is 23.1 Å². The van der Waals surface area contributed by atoms with Crippen LogP contribution in [0.5, 0.6) is 0 Å². The fourth-order valence-corrected chi connectivity index (χ4v) is 2.30. The number of carbonyl (C=O) groups excluding carboxylic acids is 1. The van der Waals surface area contributed by atoms with Gasteiger partial charge in [0, 0.05) is 13.7 Å². The summed E-state index contributed by atoms with van der Waals surface area (Å²) in [6, 6.07) is 3.00. The molecule has 0 atom stereocenters. The highest BCUT2D eigenvalue weighted by molar-refractivity contribution is 7.89. The number of nitrogens with one attached hydrogen (secondary N) is 2. The summed E-state index contributed by atoms with van der Waals surface area (Å²) in [7, 11) is -2.43. The molecule has 0 unspecified atom stereocenters. The molecule has 0 radical (unpaired) electrons. The minimum Gasteiger partial charge on any atom is -0.396 e. The number of rotatable bonds is 7. The molecule has 0 bridgehead atoms. The molecular weight excluding hydrogens is 289 g/mol. The fraction of sp³-hybridized carbons (Fsp3) is 0.364. The maximum absolute atomic E-state index is 13.0. The number of sulfonamides is 1. The molecule has 0 saturated carbocycles. The number of anilines is 1. The van der Waals surface area contributed by atoms with Gasteiger partial charge in [0.1, 0.15) is 5.82 Å². The number of ether oxygens (including phenoxy) is 1. The summed E-state index contributed by atoms with van der Waals surface area (Å²) in [4.78, 5) is 11.1. The van der Waals surface area contributed by atoms with Crippen molar-refractivity contribution in [3.63, 3.8) is 0 Å². The molecule has 1 aromatic carbocycles. The van der Waals surface area contributed by atoms with E-state index in [0.29, 0.717) is 6.61 Å². The predicted octanol–water partition coefficient (Wildman–Crippen LogP) is -0.551. The highest BCUT2D eigenvalue weighted by atomic mass is 32.2. The second-order valence-corrected chi connectivity index (χ2v) is 5.62. The van der Waals surface area contributed by atoms with Gasteiger partial charge in [-0.05, 0) is 18.2 Å². The molecule has 0 aliphatic rings. The van der Waals surface area contributed by atoms with Crippen molar-refractivity contribution in [3.05, 3.63) is 24.0 Å². The van der Waals surface area contributed by atoms with E-state index in [4.69, 9.17) is 10.5 Å². The number of hydrogen-bond donors (Lipinski definition) is 3. The maximum Gasteiger partial charge on any atom is 0.241 e. The van der Waals surface area contributed by atoms with Gasteiger partial charge < -0.3 is 15.8 Å². The average molecular weight is 305 g/mol. The number of halogens is 1. The topological polar surface area (TPSA) is 111 Å². The summed E-state index contributed by atoms with van der Waals surface area (Å²) in [5, 5.41) is 2.45. The van der Waals surface area contributed by atoms with Crippen molar-refractivity contribution in [3.8, 4) is 0 Å². The third-order valence-electron chi connectivity index (χ3n) is 2.33. The van der Waals surface area contributed by atoms with E-state index in [0.717, 1.165) is 18.2 Å². The first-order valence-electron chi connectivity index (χ1n) is 5.67. The number of nitrogens with two attached hydrogens (primary N) is 1. The Morgan fingerprint density at radius 3 is 2.75 bits per heavy atom. The molecule has 0 saturated heterocycles. The summed E-state index contributed by atoms with van der Waals surface area (Å²) in [6.45, 7) is 0.177. The quantitative estimate of drug-likeness (QED) is 0.462. The van der Waals surface area contributed by atoms with E-state index in [1.165, 1.54) is 7.11 Å². The number of methoxy groups -OCH3 is 1. The predicted molar refractivity (Wildman–Crippen MR) is 70.9 cm³/mol. The zero-order valence-electron chi connectivity index (χ0n) is 10.8. The van der Waals surface area contributed by atoms with Gasteiger partial charge in [0.2, 0.25) is 15.9 Å². The van der Waals surface area contributed by atoms with Crippen LogP contribution in [0.4, 0.5) is 10.1 Å². The number of nitrogen functional groups attached to an aromatic ring is 1. The Kier molecular flexibility index (Phi) is 5.86. The van der Waals surface area contributed by atoms with E-state index >= 15 is 0 Å². The molecule has 4 N–H and O–H groups in total. The highest BCUT2D eigenvalue weighted by Gasteiger charge is 2.16. The minimum atomic E-state index is -3.91. The van der Waals surface area contributed by atoms with Crippen LogP contribution in [0.3, 0.4) is 0 Å². The smallest absolute Gasteiger partial charge is 0.241 e. The van der Waals surface area contributed by atoms with Crippen LogP contribution in [0.2, 0.25) is 0 Å². The van der Waals surface area contributed by atoms with Gasteiger partial charge in [-0.25, -0.2) is 17.5 Å². The molecule has 1 amide bonds. The summed E-state index contributed by atoms with van der Waals surface area (Å²) >= 11 is 0. The van der Waals surface area contributed by atoms with Crippen molar-refractivity contribution in [2.45, 2.75) is 4.90 Å². The van der Waals surface area contributed by atoms with Gasteiger partial charge in [-0.1, -0.05) is 0 Å². The molecule has 0 aliphatic carbocycles. The van der Waals surface area contributed by atoms with Crippen molar-refractivity contribution in [1.82, 2.24) is 10.0 Å². The fourth-order valence-electron chi connectivity index (χ4n) is 1.29. The zero-order chi connectivity index (χ0) is 15.2. The molecule has 0 heterocycles.